The van der Waals surface area contributed by atoms with Crippen molar-refractivity contribution < 1.29 is 18.0 Å². The van der Waals surface area contributed by atoms with Crippen LogP contribution >= 0.6 is 15.9 Å². The largest absolute Gasteiger partial charge is 0.355 e. The highest BCUT2D eigenvalue weighted by Gasteiger charge is 2.30. The Morgan fingerprint density at radius 1 is 1.00 bits per heavy atom. The highest BCUT2D eigenvalue weighted by atomic mass is 79.9. The zero-order valence-electron chi connectivity index (χ0n) is 19.4. The van der Waals surface area contributed by atoms with Crippen LogP contribution in [0, 0.1) is 0 Å². The Bertz CT molecular complexity index is 1300. The van der Waals surface area contributed by atoms with Gasteiger partial charge < -0.3 is 10.2 Å². The minimum Gasteiger partial charge on any atom is -0.355 e. The normalized spacial score (nSPS) is 12.5. The molecule has 9 heteroatoms. The van der Waals surface area contributed by atoms with E-state index in [2.05, 4.69) is 21.2 Å². The predicted octanol–water partition coefficient (Wildman–Crippen LogP) is 3.78. The molecule has 0 aliphatic carbocycles. The molecule has 0 spiro atoms. The number of hydrogen-bond donors (Lipinski definition) is 1. The van der Waals surface area contributed by atoms with E-state index in [1.807, 2.05) is 48.5 Å². The lowest BCUT2D eigenvalue weighted by Crippen LogP contribution is -2.50. The summed E-state index contributed by atoms with van der Waals surface area (Å²) in [6.45, 7) is 3.64. The fourth-order valence-electron chi connectivity index (χ4n) is 3.61. The average molecular weight is 546 g/mol. The monoisotopic (exact) mass is 545 g/mol. The van der Waals surface area contributed by atoms with Gasteiger partial charge in [-0.25, -0.2) is 8.42 Å². The molecule has 0 aromatic heterocycles. The first-order chi connectivity index (χ1) is 16.1. The van der Waals surface area contributed by atoms with Crippen LogP contribution in [0.1, 0.15) is 19.4 Å². The van der Waals surface area contributed by atoms with Crippen LogP contribution < -0.4 is 5.32 Å². The Balaban J connectivity index is 1.85. The molecule has 1 atom stereocenters. The van der Waals surface area contributed by atoms with Gasteiger partial charge in [-0.15, -0.1) is 0 Å². The SMILES string of the molecule is CCNC(=O)C(C)N(Cc1cccc(Br)c1)C(=O)CN(C)S(=O)(=O)c1ccc2ccccc2c1. The van der Waals surface area contributed by atoms with Gasteiger partial charge in [0.2, 0.25) is 21.8 Å². The number of hydrogen-bond acceptors (Lipinski definition) is 4. The molecule has 0 bridgehead atoms. The Labute approximate surface area is 208 Å². The van der Waals surface area contributed by atoms with Gasteiger partial charge in [0.1, 0.15) is 6.04 Å². The van der Waals surface area contributed by atoms with Crippen LogP contribution in [-0.4, -0.2) is 55.6 Å². The number of carbonyl (C=O) groups is 2. The highest BCUT2D eigenvalue weighted by Crippen LogP contribution is 2.22. The zero-order chi connectivity index (χ0) is 24.9. The molecular formula is C25H28BrN3O4S. The first-order valence-electron chi connectivity index (χ1n) is 10.9. The number of sulfonamides is 1. The summed E-state index contributed by atoms with van der Waals surface area (Å²) in [5.41, 5.74) is 0.818. The van der Waals surface area contributed by atoms with Gasteiger partial charge in [-0.2, -0.15) is 4.31 Å². The number of amides is 2. The molecule has 1 unspecified atom stereocenters. The van der Waals surface area contributed by atoms with Crippen molar-refractivity contribution in [2.45, 2.75) is 31.3 Å². The second kappa shape index (κ2) is 11.1. The van der Waals surface area contributed by atoms with E-state index in [1.54, 1.807) is 26.0 Å². The van der Waals surface area contributed by atoms with Crippen LogP contribution in [0.4, 0.5) is 0 Å². The summed E-state index contributed by atoms with van der Waals surface area (Å²) in [4.78, 5) is 27.4. The topological polar surface area (TPSA) is 86.8 Å². The van der Waals surface area contributed by atoms with Crippen molar-refractivity contribution >= 4 is 48.5 Å². The molecule has 0 saturated heterocycles. The maximum atomic E-state index is 13.3. The fourth-order valence-corrected chi connectivity index (χ4v) is 5.21. The van der Waals surface area contributed by atoms with Crippen LogP contribution in [0.5, 0.6) is 0 Å². The van der Waals surface area contributed by atoms with E-state index < -0.39 is 28.5 Å². The Hall–Kier alpha value is -2.75. The lowest BCUT2D eigenvalue weighted by atomic mass is 10.1. The number of likely N-dealkylation sites (N-methyl/N-ethyl adjacent to an activating group) is 2. The molecule has 0 radical (unpaired) electrons. The van der Waals surface area contributed by atoms with E-state index in [0.717, 1.165) is 25.1 Å². The van der Waals surface area contributed by atoms with Crippen LogP contribution in [0.3, 0.4) is 0 Å². The van der Waals surface area contributed by atoms with E-state index >= 15 is 0 Å². The molecule has 180 valence electrons. The number of nitrogens with one attached hydrogen (secondary N) is 1. The van der Waals surface area contributed by atoms with E-state index in [9.17, 15) is 18.0 Å². The van der Waals surface area contributed by atoms with Crippen molar-refractivity contribution in [3.8, 4) is 0 Å². The molecular weight excluding hydrogens is 518 g/mol. The molecule has 3 rings (SSSR count). The number of nitrogens with zero attached hydrogens (tertiary/aromatic N) is 2. The van der Waals surface area contributed by atoms with Gasteiger partial charge in [-0.3, -0.25) is 9.59 Å². The average Bonchev–Trinajstić information content (AvgIpc) is 2.81. The van der Waals surface area contributed by atoms with E-state index in [-0.39, 0.29) is 17.3 Å². The third kappa shape index (κ3) is 6.02. The lowest BCUT2D eigenvalue weighted by molar-refractivity contribution is -0.140. The van der Waals surface area contributed by atoms with Crippen molar-refractivity contribution in [3.63, 3.8) is 0 Å². The molecule has 34 heavy (non-hydrogen) atoms. The van der Waals surface area contributed by atoms with Gasteiger partial charge in [0.25, 0.3) is 0 Å². The van der Waals surface area contributed by atoms with Crippen LogP contribution in [0.2, 0.25) is 0 Å². The number of carbonyl (C=O) groups excluding carboxylic acids is 2. The van der Waals surface area contributed by atoms with Gasteiger partial charge >= 0.3 is 0 Å². The number of halogens is 1. The summed E-state index contributed by atoms with van der Waals surface area (Å²) in [5.74, 6) is -0.767. The minimum atomic E-state index is -3.92. The summed E-state index contributed by atoms with van der Waals surface area (Å²) in [7, 11) is -2.55. The second-order valence-electron chi connectivity index (χ2n) is 7.99. The van der Waals surface area contributed by atoms with Gasteiger partial charge in [0.15, 0.2) is 0 Å². The zero-order valence-corrected chi connectivity index (χ0v) is 21.8. The molecule has 1 N–H and O–H groups in total. The molecule has 0 heterocycles. The summed E-state index contributed by atoms with van der Waals surface area (Å²) < 4.78 is 28.3. The van der Waals surface area contributed by atoms with Crippen molar-refractivity contribution in [1.82, 2.24) is 14.5 Å². The molecule has 3 aromatic rings. The second-order valence-corrected chi connectivity index (χ2v) is 11.0. The Morgan fingerprint density at radius 2 is 1.71 bits per heavy atom. The lowest BCUT2D eigenvalue weighted by Gasteiger charge is -2.30. The third-order valence-corrected chi connectivity index (χ3v) is 7.84. The molecule has 0 saturated carbocycles. The highest BCUT2D eigenvalue weighted by molar-refractivity contribution is 9.10. The van der Waals surface area contributed by atoms with Crippen molar-refractivity contribution in [3.05, 3.63) is 76.8 Å². The number of fused-ring (bicyclic) bond motifs is 1. The molecule has 7 nitrogen and oxygen atoms in total. The maximum absolute atomic E-state index is 13.3. The van der Waals surface area contributed by atoms with E-state index in [1.165, 1.54) is 18.0 Å². The summed E-state index contributed by atoms with van der Waals surface area (Å²) in [6, 6.07) is 19.0. The molecule has 0 aliphatic rings. The predicted molar refractivity (Wildman–Crippen MR) is 137 cm³/mol. The summed E-state index contributed by atoms with van der Waals surface area (Å²) >= 11 is 3.42. The summed E-state index contributed by atoms with van der Waals surface area (Å²) in [6.07, 6.45) is 0. The van der Waals surface area contributed by atoms with Crippen LogP contribution in [0.15, 0.2) is 76.1 Å². The van der Waals surface area contributed by atoms with Crippen molar-refractivity contribution in [1.29, 1.82) is 0 Å². The fraction of sp³-hybridized carbons (Fsp3) is 0.280. The van der Waals surface area contributed by atoms with Gasteiger partial charge in [0, 0.05) is 24.6 Å². The van der Waals surface area contributed by atoms with Crippen molar-refractivity contribution in [2.75, 3.05) is 20.1 Å². The van der Waals surface area contributed by atoms with Gasteiger partial charge in [0.05, 0.1) is 11.4 Å². The molecule has 0 aliphatic heterocycles. The van der Waals surface area contributed by atoms with Crippen molar-refractivity contribution in [2.24, 2.45) is 0 Å². The van der Waals surface area contributed by atoms with E-state index in [0.29, 0.717) is 6.54 Å². The Kier molecular flexibility index (Phi) is 8.46. The summed E-state index contributed by atoms with van der Waals surface area (Å²) in [5, 5.41) is 4.45. The molecule has 3 aromatic carbocycles. The quantitative estimate of drug-likeness (QED) is 0.443. The maximum Gasteiger partial charge on any atom is 0.243 e. The van der Waals surface area contributed by atoms with E-state index in [4.69, 9.17) is 0 Å². The van der Waals surface area contributed by atoms with Gasteiger partial charge in [-0.1, -0.05) is 58.4 Å². The first kappa shape index (κ1) is 25.9. The van der Waals surface area contributed by atoms with Gasteiger partial charge in [-0.05, 0) is 54.4 Å². The standard InChI is InChI=1S/C25H28BrN3O4S/c1-4-27-25(31)18(2)29(16-19-8-7-11-22(26)14-19)24(30)17-28(3)34(32,33)23-13-12-20-9-5-6-10-21(20)15-23/h5-15,18H,4,16-17H2,1-3H3,(H,27,31). The first-order valence-corrected chi connectivity index (χ1v) is 13.1. The van der Waals surface area contributed by atoms with Crippen LogP contribution in [0.25, 0.3) is 10.8 Å². The molecule has 0 fully saturated rings. The smallest absolute Gasteiger partial charge is 0.243 e. The van der Waals surface area contributed by atoms with Crippen LogP contribution in [-0.2, 0) is 26.2 Å². The number of benzene rings is 3. The molecule has 2 amide bonds. The minimum absolute atomic E-state index is 0.108. The Morgan fingerprint density at radius 3 is 2.38 bits per heavy atom. The number of rotatable bonds is 9. The third-order valence-electron chi connectivity index (χ3n) is 5.55.